The minimum absolute atomic E-state index is 0.204. The van der Waals surface area contributed by atoms with Crippen LogP contribution in [0.4, 0.5) is 0 Å². The van der Waals surface area contributed by atoms with Gasteiger partial charge in [-0.3, -0.25) is 4.79 Å². The number of ketones is 1. The highest BCUT2D eigenvalue weighted by atomic mass is 16.5. The van der Waals surface area contributed by atoms with Gasteiger partial charge in [0.2, 0.25) is 5.75 Å². The molecule has 6 nitrogen and oxygen atoms in total. The minimum Gasteiger partial charge on any atom is -0.482 e. The number of furan rings is 1. The fraction of sp³-hybridized carbons (Fsp3) is 0.333. The molecule has 0 aliphatic carbocycles. The summed E-state index contributed by atoms with van der Waals surface area (Å²) < 4.78 is 16.7. The number of carbonyl (C=O) groups excluding carboxylic acids is 1. The number of rotatable bonds is 7. The molecular weight excluding hydrogens is 348 g/mol. The van der Waals surface area contributed by atoms with Gasteiger partial charge in [0.05, 0.1) is 6.26 Å². The molecule has 142 valence electrons. The maximum Gasteiger partial charge on any atom is 0.336 e. The normalized spacial score (nSPS) is 12.7. The summed E-state index contributed by atoms with van der Waals surface area (Å²) in [6, 6.07) is 6.73. The van der Waals surface area contributed by atoms with Gasteiger partial charge >= 0.3 is 5.63 Å². The molecule has 3 aromatic rings. The molecule has 6 heteroatoms. The Labute approximate surface area is 156 Å². The number of carbonyl (C=O) groups is 1. The molecule has 1 aromatic carbocycles. The molecule has 0 aliphatic heterocycles. The van der Waals surface area contributed by atoms with Crippen LogP contribution in [-0.4, -0.2) is 23.1 Å². The van der Waals surface area contributed by atoms with Crippen molar-refractivity contribution < 1.29 is 23.5 Å². The topological polar surface area (TPSA) is 89.9 Å². The van der Waals surface area contributed by atoms with Crippen LogP contribution in [0.1, 0.15) is 33.6 Å². The molecule has 27 heavy (non-hydrogen) atoms. The summed E-state index contributed by atoms with van der Waals surface area (Å²) in [5.41, 5.74) is 0.0377. The summed E-state index contributed by atoms with van der Waals surface area (Å²) in [5.74, 6) is 0.172. The Morgan fingerprint density at radius 2 is 1.93 bits per heavy atom. The zero-order chi connectivity index (χ0) is 19.6. The van der Waals surface area contributed by atoms with E-state index < -0.39 is 11.2 Å². The van der Waals surface area contributed by atoms with E-state index in [9.17, 15) is 14.7 Å². The Bertz CT molecular complexity index is 1060. The molecule has 0 aliphatic rings. The summed E-state index contributed by atoms with van der Waals surface area (Å²) >= 11 is 0. The molecule has 1 N–H and O–H groups in total. The SMILES string of the molecule is CC(=CCOc1c2occc2cc2ccc(=O)oc12)CCC(=O)C(C)(C)O. The van der Waals surface area contributed by atoms with E-state index in [4.69, 9.17) is 13.6 Å². The van der Waals surface area contributed by atoms with Crippen LogP contribution in [-0.2, 0) is 4.79 Å². The van der Waals surface area contributed by atoms with E-state index in [1.54, 1.807) is 12.3 Å². The first-order valence-electron chi connectivity index (χ1n) is 8.74. The van der Waals surface area contributed by atoms with Crippen molar-refractivity contribution in [2.75, 3.05) is 6.61 Å². The van der Waals surface area contributed by atoms with Crippen molar-refractivity contribution >= 4 is 27.7 Å². The minimum atomic E-state index is -1.32. The Morgan fingerprint density at radius 3 is 2.67 bits per heavy atom. The molecule has 0 saturated heterocycles. The zero-order valence-corrected chi connectivity index (χ0v) is 15.6. The summed E-state index contributed by atoms with van der Waals surface area (Å²) in [6.45, 7) is 5.10. The molecule has 0 unspecified atom stereocenters. The van der Waals surface area contributed by atoms with E-state index in [2.05, 4.69) is 0 Å². The number of hydrogen-bond donors (Lipinski definition) is 1. The molecule has 3 rings (SSSR count). The molecule has 0 amide bonds. The van der Waals surface area contributed by atoms with Crippen molar-refractivity contribution in [2.45, 2.75) is 39.2 Å². The standard InChI is InChI=1S/C21H22O6/c1-13(4-6-16(22)21(2,3)24)8-10-26-20-18-15(9-11-25-18)12-14-5-7-17(23)27-19(14)20/h5,7-9,11-12,24H,4,6,10H2,1-3H3. The lowest BCUT2D eigenvalue weighted by Gasteiger charge is -2.15. The molecule has 2 aromatic heterocycles. The molecule has 0 spiro atoms. The third-order valence-corrected chi connectivity index (χ3v) is 4.37. The number of benzene rings is 1. The smallest absolute Gasteiger partial charge is 0.336 e. The molecule has 0 bridgehead atoms. The second-order valence-electron chi connectivity index (χ2n) is 7.06. The van der Waals surface area contributed by atoms with Gasteiger partial charge in [-0.15, -0.1) is 0 Å². The second-order valence-corrected chi connectivity index (χ2v) is 7.06. The van der Waals surface area contributed by atoms with Crippen LogP contribution < -0.4 is 10.4 Å². The molecule has 0 fully saturated rings. The lowest BCUT2D eigenvalue weighted by atomic mass is 9.98. The molecule has 2 heterocycles. The van der Waals surface area contributed by atoms with Crippen LogP contribution in [0.5, 0.6) is 5.75 Å². The highest BCUT2D eigenvalue weighted by molar-refractivity contribution is 5.99. The summed E-state index contributed by atoms with van der Waals surface area (Å²) in [5, 5.41) is 11.3. The van der Waals surface area contributed by atoms with Gasteiger partial charge in [0.15, 0.2) is 16.9 Å². The first-order valence-corrected chi connectivity index (χ1v) is 8.74. The number of hydrogen-bond acceptors (Lipinski definition) is 6. The predicted octanol–water partition coefficient (Wildman–Crippen LogP) is 3.98. The van der Waals surface area contributed by atoms with Crippen molar-refractivity contribution in [1.82, 2.24) is 0 Å². The average Bonchev–Trinajstić information content (AvgIpc) is 3.06. The van der Waals surface area contributed by atoms with E-state index in [1.165, 1.54) is 19.9 Å². The van der Waals surface area contributed by atoms with Gasteiger partial charge in [0.25, 0.3) is 0 Å². The molecule has 0 saturated carbocycles. The van der Waals surface area contributed by atoms with E-state index in [-0.39, 0.29) is 18.8 Å². The highest BCUT2D eigenvalue weighted by Crippen LogP contribution is 2.34. The Balaban J connectivity index is 1.78. The largest absolute Gasteiger partial charge is 0.482 e. The molecule has 0 radical (unpaired) electrons. The maximum atomic E-state index is 11.8. The Hall–Kier alpha value is -2.86. The van der Waals surface area contributed by atoms with Crippen molar-refractivity contribution in [2.24, 2.45) is 0 Å². The molecular formula is C21H22O6. The second kappa shape index (κ2) is 7.40. The zero-order valence-electron chi connectivity index (χ0n) is 15.6. The van der Waals surface area contributed by atoms with E-state index in [1.807, 2.05) is 25.1 Å². The van der Waals surface area contributed by atoms with Crippen LogP contribution >= 0.6 is 0 Å². The first-order chi connectivity index (χ1) is 12.8. The fourth-order valence-corrected chi connectivity index (χ4v) is 2.72. The third-order valence-electron chi connectivity index (χ3n) is 4.37. The quantitative estimate of drug-likeness (QED) is 0.500. The van der Waals surface area contributed by atoms with Crippen LogP contribution in [0.2, 0.25) is 0 Å². The van der Waals surface area contributed by atoms with Crippen molar-refractivity contribution in [1.29, 1.82) is 0 Å². The molecule has 0 atom stereocenters. The van der Waals surface area contributed by atoms with Gasteiger partial charge in [-0.1, -0.05) is 5.57 Å². The number of fused-ring (bicyclic) bond motifs is 2. The average molecular weight is 370 g/mol. The predicted molar refractivity (Wildman–Crippen MR) is 102 cm³/mol. The summed E-state index contributed by atoms with van der Waals surface area (Å²) in [7, 11) is 0. The number of Topliss-reactive ketones (excluding diaryl/α,β-unsaturated/α-hetero) is 1. The van der Waals surface area contributed by atoms with Gasteiger partial charge < -0.3 is 18.7 Å². The van der Waals surface area contributed by atoms with Crippen LogP contribution in [0.3, 0.4) is 0 Å². The lowest BCUT2D eigenvalue weighted by Crippen LogP contribution is -2.30. The number of aliphatic hydroxyl groups is 1. The Kier molecular flexibility index (Phi) is 5.19. The Morgan fingerprint density at radius 1 is 1.19 bits per heavy atom. The number of allylic oxidation sites excluding steroid dienone is 1. The monoisotopic (exact) mass is 370 g/mol. The van der Waals surface area contributed by atoms with Gasteiger partial charge in [0, 0.05) is 23.3 Å². The van der Waals surface area contributed by atoms with Gasteiger partial charge in [-0.25, -0.2) is 4.79 Å². The number of ether oxygens (including phenoxy) is 1. The lowest BCUT2D eigenvalue weighted by molar-refractivity contribution is -0.134. The fourth-order valence-electron chi connectivity index (χ4n) is 2.72. The van der Waals surface area contributed by atoms with Crippen molar-refractivity contribution in [3.05, 3.63) is 52.6 Å². The van der Waals surface area contributed by atoms with Crippen LogP contribution in [0.15, 0.2) is 55.8 Å². The first kappa shape index (κ1) is 18.9. The van der Waals surface area contributed by atoms with Crippen molar-refractivity contribution in [3.63, 3.8) is 0 Å². The highest BCUT2D eigenvalue weighted by Gasteiger charge is 2.22. The third kappa shape index (κ3) is 4.28. The van der Waals surface area contributed by atoms with Crippen LogP contribution in [0.25, 0.3) is 21.9 Å². The van der Waals surface area contributed by atoms with E-state index in [0.29, 0.717) is 23.3 Å². The van der Waals surface area contributed by atoms with Crippen molar-refractivity contribution in [3.8, 4) is 5.75 Å². The van der Waals surface area contributed by atoms with Gasteiger partial charge in [0.1, 0.15) is 12.2 Å². The summed E-state index contributed by atoms with van der Waals surface area (Å²) in [4.78, 5) is 23.4. The summed E-state index contributed by atoms with van der Waals surface area (Å²) in [6.07, 6.45) is 4.20. The van der Waals surface area contributed by atoms with Crippen LogP contribution in [0, 0.1) is 0 Å². The maximum absolute atomic E-state index is 11.8. The van der Waals surface area contributed by atoms with Gasteiger partial charge in [-0.05, 0) is 51.5 Å². The van der Waals surface area contributed by atoms with E-state index in [0.717, 1.165) is 16.3 Å². The van der Waals surface area contributed by atoms with E-state index >= 15 is 0 Å². The van der Waals surface area contributed by atoms with Gasteiger partial charge in [-0.2, -0.15) is 0 Å².